The third kappa shape index (κ3) is 14.6. The molecule has 0 atom stereocenters. The van der Waals surface area contributed by atoms with Crippen molar-refractivity contribution in [2.45, 2.75) is 0 Å². The summed E-state index contributed by atoms with van der Waals surface area (Å²) in [4.78, 5) is 41.7. The lowest BCUT2D eigenvalue weighted by molar-refractivity contribution is 0.670. The minimum atomic E-state index is 0.607. The third-order valence-corrected chi connectivity index (χ3v) is 27.3. The molecule has 30 rings (SSSR count). The van der Waals surface area contributed by atoms with E-state index in [4.69, 9.17) is 37.6 Å². The van der Waals surface area contributed by atoms with E-state index in [1.807, 2.05) is 73.1 Å². The van der Waals surface area contributed by atoms with Gasteiger partial charge < -0.3 is 17.7 Å². The summed E-state index contributed by atoms with van der Waals surface area (Å²) in [5, 5.41) is 29.0. The maximum atomic E-state index is 6.65. The van der Waals surface area contributed by atoms with Crippen LogP contribution in [0.15, 0.2) is 486 Å². The van der Waals surface area contributed by atoms with Gasteiger partial charge in [0.2, 0.25) is 0 Å². The fourth-order valence-corrected chi connectivity index (χ4v) is 20.6. The van der Waals surface area contributed by atoms with Crippen molar-refractivity contribution in [2.24, 2.45) is 0 Å². The molecule has 0 aliphatic carbocycles. The molecular formula is C129H77N9O4. The van der Waals surface area contributed by atoms with Crippen molar-refractivity contribution < 1.29 is 17.7 Å². The number of nitrogens with zero attached hydrogens (tertiary/aromatic N) is 9. The second kappa shape index (κ2) is 34.5. The van der Waals surface area contributed by atoms with Crippen molar-refractivity contribution >= 4 is 185 Å². The van der Waals surface area contributed by atoms with Crippen LogP contribution < -0.4 is 0 Å². The summed E-state index contributed by atoms with van der Waals surface area (Å²) in [5.41, 5.74) is 24.5. The number of aromatic nitrogens is 9. The molecule has 18 aromatic carbocycles. The molecule has 0 aliphatic rings. The summed E-state index contributed by atoms with van der Waals surface area (Å²) in [5.74, 6) is 0.607. The molecule has 30 aromatic rings. The summed E-state index contributed by atoms with van der Waals surface area (Å²) in [6.07, 6.45) is 16.2. The van der Waals surface area contributed by atoms with E-state index < -0.39 is 0 Å². The molecule has 12 aromatic heterocycles. The fraction of sp³-hybridized carbons (Fsp3) is 0. The van der Waals surface area contributed by atoms with E-state index in [1.54, 1.807) is 43.4 Å². The number of furan rings is 4. The molecule has 0 saturated heterocycles. The monoisotopic (exact) mass is 1820 g/mol. The van der Waals surface area contributed by atoms with Gasteiger partial charge in [0.25, 0.3) is 0 Å². The lowest BCUT2D eigenvalue weighted by Gasteiger charge is -2.10. The zero-order valence-corrected chi connectivity index (χ0v) is 76.1. The minimum absolute atomic E-state index is 0.607. The Kier molecular flexibility index (Phi) is 19.9. The summed E-state index contributed by atoms with van der Waals surface area (Å²) in [6, 6.07) is 143. The fourth-order valence-electron chi connectivity index (χ4n) is 20.6. The maximum absolute atomic E-state index is 6.65. The second-order valence-electron chi connectivity index (χ2n) is 35.8. The zero-order valence-electron chi connectivity index (χ0n) is 76.1. The van der Waals surface area contributed by atoms with Crippen LogP contribution >= 0.6 is 0 Å². The van der Waals surface area contributed by atoms with E-state index in [0.717, 1.165) is 205 Å². The molecule has 0 unspecified atom stereocenters. The van der Waals surface area contributed by atoms with Gasteiger partial charge in [0.15, 0.2) is 5.82 Å². The van der Waals surface area contributed by atoms with Gasteiger partial charge in [-0.2, -0.15) is 0 Å². The molecule has 0 spiro atoms. The maximum Gasteiger partial charge on any atom is 0.164 e. The Morgan fingerprint density at radius 2 is 0.479 bits per heavy atom. The Balaban J connectivity index is 0.0000000949. The van der Waals surface area contributed by atoms with E-state index in [9.17, 15) is 0 Å². The van der Waals surface area contributed by atoms with Crippen LogP contribution in [0, 0.1) is 0 Å². The number of pyridine rings is 7. The van der Waals surface area contributed by atoms with Crippen molar-refractivity contribution in [3.63, 3.8) is 0 Å². The van der Waals surface area contributed by atoms with Crippen LogP contribution in [0.25, 0.3) is 286 Å². The average molecular weight is 1820 g/mol. The predicted molar refractivity (Wildman–Crippen MR) is 582 cm³/mol. The number of benzene rings is 18. The summed E-state index contributed by atoms with van der Waals surface area (Å²) in [7, 11) is 0. The highest BCUT2D eigenvalue weighted by atomic mass is 16.3. The van der Waals surface area contributed by atoms with Crippen LogP contribution in [0.3, 0.4) is 0 Å². The first-order valence-corrected chi connectivity index (χ1v) is 47.3. The van der Waals surface area contributed by atoms with Gasteiger partial charge in [0, 0.05) is 149 Å². The van der Waals surface area contributed by atoms with E-state index in [1.165, 1.54) is 75.4 Å². The number of fused-ring (bicyclic) bond motifs is 25. The topological polar surface area (TPSA) is 169 Å². The first-order valence-electron chi connectivity index (χ1n) is 47.3. The molecule has 12 heterocycles. The molecule has 0 fully saturated rings. The Labute approximate surface area is 811 Å². The van der Waals surface area contributed by atoms with Crippen molar-refractivity contribution in [3.8, 4) is 101 Å². The highest BCUT2D eigenvalue weighted by molar-refractivity contribution is 6.28. The quantitative estimate of drug-likeness (QED) is 0.134. The van der Waals surface area contributed by atoms with Gasteiger partial charge >= 0.3 is 0 Å². The van der Waals surface area contributed by atoms with Crippen LogP contribution in [0.4, 0.5) is 0 Å². The predicted octanol–water partition coefficient (Wildman–Crippen LogP) is 34.3. The SMILES string of the molecule is c1cc(-c2cccc3cccnc23)nc(-c2cc3ccccc3c3c2oc2cc4ccccc4cc23)c1.c1cc(-c2ccncc2)nc(-c2cc3ccccc3c3c2oc2cc4ccccc4cc23)c1.c1ccc2cc3c(cc2c1)oc1c(-c2nc(-c4ccncc4)cc(-c4ccncc4)n2)cc2ccccc2c13.c1cncc(-c2cccc(-c3cc4ccccc4c4c3oc3cc5ccccc5cc34)c2)c1. The Morgan fingerprint density at radius 1 is 0.162 bits per heavy atom. The lowest BCUT2D eigenvalue weighted by Crippen LogP contribution is -1.96. The van der Waals surface area contributed by atoms with Gasteiger partial charge in [-0.3, -0.25) is 24.9 Å². The first kappa shape index (κ1) is 82.1. The van der Waals surface area contributed by atoms with Gasteiger partial charge in [-0.1, -0.05) is 255 Å². The molecule has 0 aliphatic heterocycles. The lowest BCUT2D eigenvalue weighted by atomic mass is 9.94. The Hall–Kier alpha value is -19.4. The van der Waals surface area contributed by atoms with Crippen LogP contribution in [0.2, 0.25) is 0 Å². The van der Waals surface area contributed by atoms with Gasteiger partial charge in [-0.05, 0) is 255 Å². The molecule has 13 nitrogen and oxygen atoms in total. The van der Waals surface area contributed by atoms with Crippen molar-refractivity contribution in [2.75, 3.05) is 0 Å². The van der Waals surface area contributed by atoms with Gasteiger partial charge in [0.1, 0.15) is 44.7 Å². The molecule has 0 saturated carbocycles. The molecule has 0 radical (unpaired) electrons. The highest BCUT2D eigenvalue weighted by Crippen LogP contribution is 2.49. The van der Waals surface area contributed by atoms with Crippen LogP contribution in [0.5, 0.6) is 0 Å². The van der Waals surface area contributed by atoms with Crippen LogP contribution in [-0.4, -0.2) is 44.9 Å². The van der Waals surface area contributed by atoms with Gasteiger partial charge in [0.05, 0.1) is 45.2 Å². The van der Waals surface area contributed by atoms with Gasteiger partial charge in [-0.25, -0.2) is 19.9 Å². The molecule has 0 bridgehead atoms. The molecular weight excluding hydrogens is 1740 g/mol. The van der Waals surface area contributed by atoms with Crippen molar-refractivity contribution in [1.29, 1.82) is 0 Å². The molecule has 13 heteroatoms. The van der Waals surface area contributed by atoms with Crippen LogP contribution in [-0.2, 0) is 0 Å². The molecule has 0 N–H and O–H groups in total. The van der Waals surface area contributed by atoms with Crippen LogP contribution in [0.1, 0.15) is 0 Å². The zero-order chi connectivity index (χ0) is 93.7. The largest absolute Gasteiger partial charge is 0.455 e. The second-order valence-corrected chi connectivity index (χ2v) is 35.8. The highest BCUT2D eigenvalue weighted by Gasteiger charge is 2.26. The van der Waals surface area contributed by atoms with E-state index in [0.29, 0.717) is 5.82 Å². The number of para-hydroxylation sites is 1. The van der Waals surface area contributed by atoms with Gasteiger partial charge in [-0.15, -0.1) is 0 Å². The summed E-state index contributed by atoms with van der Waals surface area (Å²) in [6.45, 7) is 0. The number of hydrogen-bond donors (Lipinski definition) is 0. The Bertz CT molecular complexity index is 9960. The average Bonchev–Trinajstić information content (AvgIpc) is 1.58. The molecule has 0 amide bonds. The third-order valence-electron chi connectivity index (χ3n) is 27.3. The van der Waals surface area contributed by atoms with E-state index in [2.05, 4.69) is 377 Å². The normalized spacial score (nSPS) is 11.7. The smallest absolute Gasteiger partial charge is 0.164 e. The number of rotatable bonds is 9. The Morgan fingerprint density at radius 3 is 0.908 bits per heavy atom. The van der Waals surface area contributed by atoms with E-state index >= 15 is 0 Å². The number of hydrogen-bond acceptors (Lipinski definition) is 13. The van der Waals surface area contributed by atoms with E-state index in [-0.39, 0.29) is 0 Å². The standard InChI is InChI=1S/C34H20N4O.C34H20N2O.C31H19NO.C30H18N2O/c1-2-6-24-19-31-27(17-23(24)5-1)32-26-8-4-3-7-25(26)18-28(33(32)39-31)34-37-29(21-9-13-35-14-10-21)20-30(38-34)22-11-15-36-16-12-22;1-2-9-23-20-31-28(18-22(23)8-1)32-25-13-4-3-10-24(25)19-27(34(32)37-31)30-16-6-15-29(36-30)26-14-5-11-21-12-7-17-35-33(21)26;1-2-8-22-18-29-28(16-21(22)7-1)30-26-13-4-3-9-24(26)17-27(31(30)33-29)23-11-5-10-20(15-23)25-12-6-14-32-19-25;1-2-7-21-18-28-25(16-20(21)6-1)29-23-9-4-3-8-22(23)17-24(30(29)33-28)27-11-5-10-26(32-27)19-12-14-31-15-13-19/h1-20H;1-20H;1-19H;1-18H. The summed E-state index contributed by atoms with van der Waals surface area (Å²) < 4.78 is 26.4. The molecule has 142 heavy (non-hydrogen) atoms. The molecule has 662 valence electrons. The summed E-state index contributed by atoms with van der Waals surface area (Å²) >= 11 is 0. The van der Waals surface area contributed by atoms with Crippen molar-refractivity contribution in [1.82, 2.24) is 44.9 Å². The minimum Gasteiger partial charge on any atom is -0.455 e. The van der Waals surface area contributed by atoms with Crippen molar-refractivity contribution in [3.05, 3.63) is 468 Å². The first-order chi connectivity index (χ1) is 70.3.